The van der Waals surface area contributed by atoms with Gasteiger partial charge in [0.2, 0.25) is 0 Å². The first-order valence-corrected chi connectivity index (χ1v) is 6.54. The molecule has 0 aliphatic rings. The van der Waals surface area contributed by atoms with Crippen LogP contribution in [-0.4, -0.2) is 21.6 Å². The Labute approximate surface area is 111 Å². The number of hydrogen-bond donors (Lipinski definition) is 1. The van der Waals surface area contributed by atoms with Crippen LogP contribution in [0, 0.1) is 5.92 Å². The van der Waals surface area contributed by atoms with Crippen LogP contribution in [0.15, 0.2) is 21.8 Å². The molecule has 1 atom stereocenters. The summed E-state index contributed by atoms with van der Waals surface area (Å²) in [5.41, 5.74) is 0.0805. The summed E-state index contributed by atoms with van der Waals surface area (Å²) in [6, 6.07) is 0. The fraction of sp³-hybridized carbons (Fsp3) is 0.667. The number of rotatable bonds is 4. The molecule has 1 aromatic heterocycles. The maximum Gasteiger partial charge on any atom is 0.267 e. The molecular formula is C12H20BrN3O. The lowest BCUT2D eigenvalue weighted by Crippen LogP contribution is -2.40. The van der Waals surface area contributed by atoms with Crippen molar-refractivity contribution in [2.24, 2.45) is 5.92 Å². The van der Waals surface area contributed by atoms with Crippen LogP contribution in [0.3, 0.4) is 0 Å². The van der Waals surface area contributed by atoms with E-state index in [4.69, 9.17) is 0 Å². The van der Waals surface area contributed by atoms with Crippen molar-refractivity contribution in [1.29, 1.82) is 0 Å². The lowest BCUT2D eigenvalue weighted by molar-refractivity contribution is 0.357. The summed E-state index contributed by atoms with van der Waals surface area (Å²) in [5.74, 6) is 0.378. The van der Waals surface area contributed by atoms with Gasteiger partial charge in [-0.25, -0.2) is 4.98 Å². The van der Waals surface area contributed by atoms with E-state index in [1.807, 2.05) is 0 Å². The highest BCUT2D eigenvalue weighted by Crippen LogP contribution is 2.04. The Morgan fingerprint density at radius 1 is 1.53 bits per heavy atom. The fourth-order valence-electron chi connectivity index (χ4n) is 1.43. The summed E-state index contributed by atoms with van der Waals surface area (Å²) >= 11 is 3.20. The Bertz CT molecular complexity index is 422. The molecule has 96 valence electrons. The van der Waals surface area contributed by atoms with Crippen LogP contribution in [0.5, 0.6) is 0 Å². The van der Waals surface area contributed by atoms with Crippen LogP contribution in [0.4, 0.5) is 0 Å². The molecule has 0 amide bonds. The predicted octanol–water partition coefficient (Wildman–Crippen LogP) is 2.03. The average molecular weight is 302 g/mol. The van der Waals surface area contributed by atoms with E-state index >= 15 is 0 Å². The van der Waals surface area contributed by atoms with Crippen LogP contribution in [-0.2, 0) is 6.54 Å². The van der Waals surface area contributed by atoms with E-state index in [0.29, 0.717) is 16.9 Å². The molecule has 0 aliphatic heterocycles. The molecular weight excluding hydrogens is 282 g/mol. The second-order valence-corrected chi connectivity index (χ2v) is 6.29. The molecule has 0 saturated heterocycles. The molecule has 17 heavy (non-hydrogen) atoms. The molecule has 0 bridgehead atoms. The number of nitrogens with one attached hydrogen (secondary N) is 1. The highest BCUT2D eigenvalue weighted by Gasteiger charge is 2.12. The van der Waals surface area contributed by atoms with E-state index in [-0.39, 0.29) is 11.1 Å². The number of hydrogen-bond acceptors (Lipinski definition) is 3. The van der Waals surface area contributed by atoms with Crippen LogP contribution >= 0.6 is 15.9 Å². The Morgan fingerprint density at radius 2 is 2.18 bits per heavy atom. The summed E-state index contributed by atoms with van der Waals surface area (Å²) in [5, 5.41) is 3.43. The third-order valence-corrected chi connectivity index (χ3v) is 2.89. The van der Waals surface area contributed by atoms with E-state index in [9.17, 15) is 4.79 Å². The summed E-state index contributed by atoms with van der Waals surface area (Å²) in [6.07, 6.45) is 3.11. The molecule has 5 heteroatoms. The van der Waals surface area contributed by atoms with E-state index in [2.05, 4.69) is 53.9 Å². The zero-order valence-corrected chi connectivity index (χ0v) is 12.4. The maximum absolute atomic E-state index is 11.8. The van der Waals surface area contributed by atoms with Crippen LogP contribution in [0.2, 0.25) is 0 Å². The SMILES string of the molecule is CC(CNC(C)(C)C)Cn1cncc(Br)c1=O. The largest absolute Gasteiger partial charge is 0.312 e. The van der Waals surface area contributed by atoms with E-state index < -0.39 is 0 Å². The zero-order valence-electron chi connectivity index (χ0n) is 10.8. The highest BCUT2D eigenvalue weighted by atomic mass is 79.9. The van der Waals surface area contributed by atoms with Crippen LogP contribution in [0.25, 0.3) is 0 Å². The first-order chi connectivity index (χ1) is 7.79. The van der Waals surface area contributed by atoms with Gasteiger partial charge in [-0.3, -0.25) is 9.36 Å². The summed E-state index contributed by atoms with van der Waals surface area (Å²) in [6.45, 7) is 10.1. The van der Waals surface area contributed by atoms with E-state index in [1.165, 1.54) is 6.20 Å². The van der Waals surface area contributed by atoms with Crippen molar-refractivity contribution in [2.45, 2.75) is 39.8 Å². The molecule has 4 nitrogen and oxygen atoms in total. The van der Waals surface area contributed by atoms with Crippen molar-refractivity contribution in [2.75, 3.05) is 6.54 Å². The van der Waals surface area contributed by atoms with Crippen molar-refractivity contribution < 1.29 is 0 Å². The molecule has 1 aromatic rings. The van der Waals surface area contributed by atoms with Crippen molar-refractivity contribution >= 4 is 15.9 Å². The lowest BCUT2D eigenvalue weighted by Gasteiger charge is -2.23. The van der Waals surface area contributed by atoms with Crippen LogP contribution in [0.1, 0.15) is 27.7 Å². The molecule has 0 aromatic carbocycles. The van der Waals surface area contributed by atoms with Gasteiger partial charge in [-0.1, -0.05) is 6.92 Å². The first kappa shape index (κ1) is 14.4. The molecule has 0 aliphatic carbocycles. The first-order valence-electron chi connectivity index (χ1n) is 5.74. The van der Waals surface area contributed by atoms with Gasteiger partial charge in [-0.2, -0.15) is 0 Å². The van der Waals surface area contributed by atoms with Crippen molar-refractivity contribution in [1.82, 2.24) is 14.9 Å². The van der Waals surface area contributed by atoms with Gasteiger partial charge in [-0.05, 0) is 49.2 Å². The Morgan fingerprint density at radius 3 is 2.76 bits per heavy atom. The second kappa shape index (κ2) is 5.78. The van der Waals surface area contributed by atoms with Gasteiger partial charge in [0.1, 0.15) is 4.47 Å². The topological polar surface area (TPSA) is 46.9 Å². The minimum atomic E-state index is -0.0254. The van der Waals surface area contributed by atoms with Gasteiger partial charge in [0, 0.05) is 18.3 Å². The summed E-state index contributed by atoms with van der Waals surface area (Å²) in [4.78, 5) is 15.8. The molecule has 0 spiro atoms. The minimum Gasteiger partial charge on any atom is -0.312 e. The Balaban J connectivity index is 2.60. The second-order valence-electron chi connectivity index (χ2n) is 5.44. The molecule has 0 radical (unpaired) electrons. The molecule has 0 saturated carbocycles. The predicted molar refractivity (Wildman–Crippen MR) is 73.1 cm³/mol. The number of aromatic nitrogens is 2. The third kappa shape index (κ3) is 5.00. The van der Waals surface area contributed by atoms with Gasteiger partial charge >= 0.3 is 0 Å². The van der Waals surface area contributed by atoms with E-state index in [0.717, 1.165) is 6.54 Å². The molecule has 1 unspecified atom stereocenters. The highest BCUT2D eigenvalue weighted by molar-refractivity contribution is 9.10. The number of nitrogens with zero attached hydrogens (tertiary/aromatic N) is 2. The summed E-state index contributed by atoms with van der Waals surface area (Å²) < 4.78 is 2.15. The smallest absolute Gasteiger partial charge is 0.267 e. The Kier molecular flexibility index (Phi) is 4.89. The lowest BCUT2D eigenvalue weighted by atomic mass is 10.1. The minimum absolute atomic E-state index is 0.0254. The van der Waals surface area contributed by atoms with E-state index in [1.54, 1.807) is 10.9 Å². The monoisotopic (exact) mass is 301 g/mol. The Hall–Kier alpha value is -0.680. The van der Waals surface area contributed by atoms with Crippen molar-refractivity contribution in [3.05, 3.63) is 27.4 Å². The van der Waals surface area contributed by atoms with Crippen molar-refractivity contribution in [3.63, 3.8) is 0 Å². The fourth-order valence-corrected chi connectivity index (χ4v) is 1.78. The zero-order chi connectivity index (χ0) is 13.1. The van der Waals surface area contributed by atoms with Gasteiger partial charge in [-0.15, -0.1) is 0 Å². The third-order valence-electron chi connectivity index (χ3n) is 2.35. The maximum atomic E-state index is 11.8. The van der Waals surface area contributed by atoms with Gasteiger partial charge < -0.3 is 5.32 Å². The average Bonchev–Trinajstić information content (AvgIpc) is 2.21. The molecule has 1 rings (SSSR count). The number of halogens is 1. The van der Waals surface area contributed by atoms with Gasteiger partial charge in [0.15, 0.2) is 0 Å². The van der Waals surface area contributed by atoms with Crippen molar-refractivity contribution in [3.8, 4) is 0 Å². The molecule has 1 N–H and O–H groups in total. The van der Waals surface area contributed by atoms with Gasteiger partial charge in [0.05, 0.1) is 6.33 Å². The quantitative estimate of drug-likeness (QED) is 0.926. The van der Waals surface area contributed by atoms with Crippen LogP contribution < -0.4 is 10.9 Å². The van der Waals surface area contributed by atoms with Gasteiger partial charge in [0.25, 0.3) is 5.56 Å². The standard InChI is InChI=1S/C12H20BrN3O/c1-9(5-15-12(2,3)4)7-16-8-14-6-10(13)11(16)17/h6,8-9,15H,5,7H2,1-4H3. The molecule has 0 fully saturated rings. The summed E-state index contributed by atoms with van der Waals surface area (Å²) in [7, 11) is 0. The molecule has 1 heterocycles. The normalized spacial score (nSPS) is 13.7.